The molecule has 30 heavy (non-hydrogen) atoms. The molecule has 0 aliphatic heterocycles. The van der Waals surface area contributed by atoms with Gasteiger partial charge in [0.25, 0.3) is 0 Å². The van der Waals surface area contributed by atoms with Crippen LogP contribution < -0.4 is 10.1 Å². The summed E-state index contributed by atoms with van der Waals surface area (Å²) in [6.45, 7) is 2.40. The SMILES string of the molecule is COc1ccc2c(CCNC(=O)C(C)Sc3nnnn3-c3ccccc3)c[nH]c2c1. The van der Waals surface area contributed by atoms with E-state index in [4.69, 9.17) is 4.74 Å². The van der Waals surface area contributed by atoms with E-state index in [2.05, 4.69) is 25.8 Å². The smallest absolute Gasteiger partial charge is 0.233 e. The van der Waals surface area contributed by atoms with Crippen molar-refractivity contribution in [3.05, 3.63) is 60.3 Å². The molecule has 0 aliphatic rings. The van der Waals surface area contributed by atoms with Crippen LogP contribution in [0.3, 0.4) is 0 Å². The maximum absolute atomic E-state index is 12.6. The van der Waals surface area contributed by atoms with Crippen LogP contribution in [0, 0.1) is 0 Å². The number of thioether (sulfide) groups is 1. The molecule has 2 N–H and O–H groups in total. The number of fused-ring (bicyclic) bond motifs is 1. The van der Waals surface area contributed by atoms with Crippen molar-refractivity contribution in [3.8, 4) is 11.4 Å². The molecule has 4 rings (SSSR count). The average molecular weight is 423 g/mol. The number of methoxy groups -OCH3 is 1. The Balaban J connectivity index is 1.33. The van der Waals surface area contributed by atoms with Gasteiger partial charge in [-0.05, 0) is 53.6 Å². The molecule has 154 valence electrons. The van der Waals surface area contributed by atoms with Crippen molar-refractivity contribution in [1.82, 2.24) is 30.5 Å². The van der Waals surface area contributed by atoms with E-state index >= 15 is 0 Å². The number of benzene rings is 2. The molecule has 2 aromatic heterocycles. The summed E-state index contributed by atoms with van der Waals surface area (Å²) >= 11 is 1.33. The molecular formula is C21H22N6O2S. The van der Waals surface area contributed by atoms with Gasteiger partial charge < -0.3 is 15.0 Å². The lowest BCUT2D eigenvalue weighted by atomic mass is 10.1. The van der Waals surface area contributed by atoms with Crippen molar-refractivity contribution in [2.45, 2.75) is 23.8 Å². The van der Waals surface area contributed by atoms with Gasteiger partial charge in [-0.3, -0.25) is 4.79 Å². The fourth-order valence-corrected chi connectivity index (χ4v) is 3.99. The fraction of sp³-hybridized carbons (Fsp3) is 0.238. The van der Waals surface area contributed by atoms with Crippen LogP contribution in [-0.4, -0.2) is 50.0 Å². The molecule has 0 bridgehead atoms. The summed E-state index contributed by atoms with van der Waals surface area (Å²) in [6, 6.07) is 15.5. The third kappa shape index (κ3) is 4.30. The number of rotatable bonds is 8. The number of ether oxygens (including phenoxy) is 1. The number of para-hydroxylation sites is 1. The van der Waals surface area contributed by atoms with E-state index < -0.39 is 0 Å². The highest BCUT2D eigenvalue weighted by atomic mass is 32.2. The van der Waals surface area contributed by atoms with E-state index in [0.717, 1.165) is 34.3 Å². The molecule has 0 radical (unpaired) electrons. The third-order valence-electron chi connectivity index (χ3n) is 4.76. The number of H-pyrrole nitrogens is 1. The van der Waals surface area contributed by atoms with Crippen LogP contribution in [-0.2, 0) is 11.2 Å². The number of amides is 1. The maximum Gasteiger partial charge on any atom is 0.233 e. The molecule has 0 aliphatic carbocycles. The molecule has 0 saturated carbocycles. The predicted molar refractivity (Wildman–Crippen MR) is 116 cm³/mol. The Labute approximate surface area is 178 Å². The summed E-state index contributed by atoms with van der Waals surface area (Å²) in [6.07, 6.45) is 2.71. The van der Waals surface area contributed by atoms with Crippen molar-refractivity contribution in [2.24, 2.45) is 0 Å². The second kappa shape index (κ2) is 9.00. The summed E-state index contributed by atoms with van der Waals surface area (Å²) in [5.41, 5.74) is 3.03. The summed E-state index contributed by atoms with van der Waals surface area (Å²) < 4.78 is 6.89. The highest BCUT2D eigenvalue weighted by Gasteiger charge is 2.19. The van der Waals surface area contributed by atoms with Gasteiger partial charge in [-0.2, -0.15) is 4.68 Å². The predicted octanol–water partition coefficient (Wildman–Crippen LogP) is 2.99. The number of aromatic amines is 1. The number of nitrogens with zero attached hydrogens (tertiary/aromatic N) is 4. The first kappa shape index (κ1) is 20.0. The lowest BCUT2D eigenvalue weighted by Gasteiger charge is -2.11. The Morgan fingerprint density at radius 2 is 2.10 bits per heavy atom. The van der Waals surface area contributed by atoms with Gasteiger partial charge in [0.1, 0.15) is 5.75 Å². The number of carbonyl (C=O) groups is 1. The van der Waals surface area contributed by atoms with Crippen molar-refractivity contribution in [2.75, 3.05) is 13.7 Å². The minimum Gasteiger partial charge on any atom is -0.497 e. The van der Waals surface area contributed by atoms with E-state index in [1.807, 2.05) is 61.7 Å². The van der Waals surface area contributed by atoms with Crippen LogP contribution in [0.2, 0.25) is 0 Å². The van der Waals surface area contributed by atoms with E-state index in [-0.39, 0.29) is 11.2 Å². The van der Waals surface area contributed by atoms with E-state index in [1.165, 1.54) is 11.8 Å². The lowest BCUT2D eigenvalue weighted by molar-refractivity contribution is -0.120. The number of hydrogen-bond acceptors (Lipinski definition) is 6. The van der Waals surface area contributed by atoms with Gasteiger partial charge in [-0.25, -0.2) is 0 Å². The Morgan fingerprint density at radius 1 is 1.27 bits per heavy atom. The van der Waals surface area contributed by atoms with Crippen LogP contribution >= 0.6 is 11.8 Å². The Bertz CT molecular complexity index is 1140. The van der Waals surface area contributed by atoms with Gasteiger partial charge >= 0.3 is 0 Å². The van der Waals surface area contributed by atoms with Crippen LogP contribution in [0.15, 0.2) is 59.9 Å². The largest absolute Gasteiger partial charge is 0.497 e. The molecule has 0 fully saturated rings. The Hall–Kier alpha value is -3.33. The normalized spacial score (nSPS) is 12.1. The van der Waals surface area contributed by atoms with Crippen molar-refractivity contribution in [3.63, 3.8) is 0 Å². The molecule has 0 spiro atoms. The minimum atomic E-state index is -0.328. The molecule has 2 heterocycles. The summed E-state index contributed by atoms with van der Waals surface area (Å²) in [5, 5.41) is 16.2. The van der Waals surface area contributed by atoms with Gasteiger partial charge in [-0.15, -0.1) is 5.10 Å². The topological polar surface area (TPSA) is 97.7 Å². The minimum absolute atomic E-state index is 0.0517. The van der Waals surface area contributed by atoms with E-state index in [1.54, 1.807) is 11.8 Å². The second-order valence-electron chi connectivity index (χ2n) is 6.74. The van der Waals surface area contributed by atoms with Crippen LogP contribution in [0.25, 0.3) is 16.6 Å². The number of hydrogen-bond donors (Lipinski definition) is 2. The Kier molecular flexibility index (Phi) is 5.99. The lowest BCUT2D eigenvalue weighted by Crippen LogP contribution is -2.32. The monoisotopic (exact) mass is 422 g/mol. The summed E-state index contributed by atoms with van der Waals surface area (Å²) in [4.78, 5) is 15.8. The van der Waals surface area contributed by atoms with E-state index in [0.29, 0.717) is 11.7 Å². The van der Waals surface area contributed by atoms with Crippen LogP contribution in [0.5, 0.6) is 5.75 Å². The number of aromatic nitrogens is 5. The van der Waals surface area contributed by atoms with Gasteiger partial charge in [0.2, 0.25) is 11.1 Å². The van der Waals surface area contributed by atoms with Gasteiger partial charge in [0, 0.05) is 29.7 Å². The molecule has 1 amide bonds. The van der Waals surface area contributed by atoms with Crippen LogP contribution in [0.1, 0.15) is 12.5 Å². The van der Waals surface area contributed by atoms with Gasteiger partial charge in [-0.1, -0.05) is 30.0 Å². The molecular weight excluding hydrogens is 400 g/mol. The average Bonchev–Trinajstić information content (AvgIpc) is 3.40. The zero-order chi connectivity index (χ0) is 20.9. The zero-order valence-corrected chi connectivity index (χ0v) is 17.5. The van der Waals surface area contributed by atoms with Crippen molar-refractivity contribution < 1.29 is 9.53 Å². The molecule has 1 atom stereocenters. The quantitative estimate of drug-likeness (QED) is 0.424. The second-order valence-corrected chi connectivity index (χ2v) is 8.04. The van der Waals surface area contributed by atoms with Gasteiger partial charge in [0.05, 0.1) is 18.0 Å². The molecule has 1 unspecified atom stereocenters. The maximum atomic E-state index is 12.6. The van der Waals surface area contributed by atoms with Gasteiger partial charge in [0.15, 0.2) is 0 Å². The first-order chi connectivity index (χ1) is 14.7. The number of nitrogens with one attached hydrogen (secondary N) is 2. The molecule has 0 saturated heterocycles. The van der Waals surface area contributed by atoms with Crippen molar-refractivity contribution >= 4 is 28.6 Å². The zero-order valence-electron chi connectivity index (χ0n) is 16.7. The Morgan fingerprint density at radius 3 is 2.90 bits per heavy atom. The summed E-state index contributed by atoms with van der Waals surface area (Å²) in [7, 11) is 1.65. The van der Waals surface area contributed by atoms with E-state index in [9.17, 15) is 4.79 Å². The highest BCUT2D eigenvalue weighted by molar-refractivity contribution is 8.00. The standard InChI is InChI=1S/C21H22N6O2S/c1-14(30-21-24-25-26-27(21)16-6-4-3-5-7-16)20(28)22-11-10-15-13-23-19-12-17(29-2)8-9-18(15)19/h3-9,12-14,23H,10-11H2,1-2H3,(H,22,28). The molecule has 2 aromatic carbocycles. The fourth-order valence-electron chi connectivity index (χ4n) is 3.16. The molecule has 4 aromatic rings. The number of carbonyl (C=O) groups excluding carboxylic acids is 1. The molecule has 9 heteroatoms. The summed E-state index contributed by atoms with van der Waals surface area (Å²) in [5.74, 6) is 0.761. The number of tetrazole rings is 1. The van der Waals surface area contributed by atoms with Crippen molar-refractivity contribution in [1.29, 1.82) is 0 Å². The first-order valence-corrected chi connectivity index (χ1v) is 10.5. The first-order valence-electron chi connectivity index (χ1n) is 9.58. The third-order valence-corrected chi connectivity index (χ3v) is 5.79. The molecule has 8 nitrogen and oxygen atoms in total. The van der Waals surface area contributed by atoms with Crippen LogP contribution in [0.4, 0.5) is 0 Å². The highest BCUT2D eigenvalue weighted by Crippen LogP contribution is 2.24.